The van der Waals surface area contributed by atoms with E-state index in [1.54, 1.807) is 25.3 Å². The van der Waals surface area contributed by atoms with Gasteiger partial charge in [-0.3, -0.25) is 4.79 Å². The van der Waals surface area contributed by atoms with Gasteiger partial charge in [-0.25, -0.2) is 9.97 Å². The highest BCUT2D eigenvalue weighted by Crippen LogP contribution is 2.27. The first-order valence-corrected chi connectivity index (χ1v) is 7.56. The van der Waals surface area contributed by atoms with Crippen LogP contribution in [0.1, 0.15) is 22.8 Å². The zero-order chi connectivity index (χ0) is 15.5. The van der Waals surface area contributed by atoms with Gasteiger partial charge in [-0.1, -0.05) is 0 Å². The van der Waals surface area contributed by atoms with E-state index in [0.717, 1.165) is 15.8 Å². The molecule has 0 spiro atoms. The summed E-state index contributed by atoms with van der Waals surface area (Å²) in [5, 5.41) is 2.83. The molecule has 0 N–H and O–H groups in total. The summed E-state index contributed by atoms with van der Waals surface area (Å²) in [6, 6.07) is 7.23. The summed E-state index contributed by atoms with van der Waals surface area (Å²) >= 11 is 1.54. The van der Waals surface area contributed by atoms with Gasteiger partial charge in [-0.15, -0.1) is 11.3 Å². The second kappa shape index (κ2) is 6.11. The largest absolute Gasteiger partial charge is 0.496 e. The van der Waals surface area contributed by atoms with Crippen LogP contribution in [0, 0.1) is 0 Å². The fourth-order valence-electron chi connectivity index (χ4n) is 2.14. The molecule has 6 heteroatoms. The smallest absolute Gasteiger partial charge is 0.225 e. The molecule has 112 valence electrons. The Morgan fingerprint density at radius 3 is 2.91 bits per heavy atom. The predicted molar refractivity (Wildman–Crippen MR) is 84.7 cm³/mol. The van der Waals surface area contributed by atoms with Gasteiger partial charge in [-0.2, -0.15) is 0 Å². The number of thiophene rings is 1. The quantitative estimate of drug-likeness (QED) is 0.675. The van der Waals surface area contributed by atoms with Crippen molar-refractivity contribution in [1.82, 2.24) is 9.97 Å². The van der Waals surface area contributed by atoms with Crippen LogP contribution in [0.15, 0.2) is 36.0 Å². The van der Waals surface area contributed by atoms with Gasteiger partial charge in [0.25, 0.3) is 0 Å². The van der Waals surface area contributed by atoms with E-state index in [1.807, 2.05) is 11.4 Å². The van der Waals surface area contributed by atoms with Crippen molar-refractivity contribution >= 4 is 27.3 Å². The van der Waals surface area contributed by atoms with E-state index in [0.29, 0.717) is 17.2 Å². The number of Topliss-reactive ketones (excluding diaryl/α,β-unsaturated/α-hetero) is 1. The van der Waals surface area contributed by atoms with Crippen LogP contribution in [0.5, 0.6) is 11.6 Å². The van der Waals surface area contributed by atoms with Crippen LogP contribution in [0.4, 0.5) is 0 Å². The Morgan fingerprint density at radius 2 is 2.14 bits per heavy atom. The molecule has 2 heterocycles. The Hall–Kier alpha value is -2.47. The van der Waals surface area contributed by atoms with Gasteiger partial charge in [0.05, 0.1) is 12.5 Å². The molecule has 0 atom stereocenters. The Kier molecular flexibility index (Phi) is 4.02. The highest BCUT2D eigenvalue weighted by Gasteiger charge is 2.10. The Balaban J connectivity index is 1.88. The number of nitrogens with zero attached hydrogens (tertiary/aromatic N) is 2. The van der Waals surface area contributed by atoms with E-state index in [-0.39, 0.29) is 12.4 Å². The maximum Gasteiger partial charge on any atom is 0.225 e. The van der Waals surface area contributed by atoms with Gasteiger partial charge in [-0.05, 0) is 36.6 Å². The third-order valence-electron chi connectivity index (χ3n) is 3.28. The number of aromatic nitrogens is 2. The number of hydrogen-bond donors (Lipinski definition) is 0. The zero-order valence-corrected chi connectivity index (χ0v) is 13.0. The molecule has 1 aromatic carbocycles. The minimum Gasteiger partial charge on any atom is -0.496 e. The molecule has 3 rings (SSSR count). The Bertz CT molecular complexity index is 829. The molecular formula is C16H14N2O3S. The topological polar surface area (TPSA) is 61.3 Å². The lowest BCUT2D eigenvalue weighted by Gasteiger charge is -2.11. The van der Waals surface area contributed by atoms with Crippen LogP contribution < -0.4 is 9.47 Å². The van der Waals surface area contributed by atoms with Crippen LogP contribution >= 0.6 is 11.3 Å². The molecule has 0 saturated heterocycles. The summed E-state index contributed by atoms with van der Waals surface area (Å²) in [6.45, 7) is 1.80. The number of carbonyl (C=O) groups is 1. The molecular weight excluding hydrogens is 300 g/mol. The summed E-state index contributed by atoms with van der Waals surface area (Å²) in [5.74, 6) is 1.22. The average Bonchev–Trinajstić information content (AvgIpc) is 3.01. The number of rotatable bonds is 5. The first-order valence-electron chi connectivity index (χ1n) is 6.68. The molecule has 0 aliphatic rings. The van der Waals surface area contributed by atoms with Crippen molar-refractivity contribution in [3.8, 4) is 11.6 Å². The lowest BCUT2D eigenvalue weighted by Crippen LogP contribution is -2.03. The maximum atomic E-state index is 11.5. The molecule has 0 amide bonds. The fraction of sp³-hybridized carbons (Fsp3) is 0.188. The third kappa shape index (κ3) is 2.78. The van der Waals surface area contributed by atoms with Crippen LogP contribution in [0.3, 0.4) is 0 Å². The average molecular weight is 314 g/mol. The van der Waals surface area contributed by atoms with Gasteiger partial charge in [0, 0.05) is 11.1 Å². The summed E-state index contributed by atoms with van der Waals surface area (Å²) < 4.78 is 11.1. The first-order chi connectivity index (χ1) is 10.7. The lowest BCUT2D eigenvalue weighted by atomic mass is 10.1. The number of ether oxygens (including phenoxy) is 2. The van der Waals surface area contributed by atoms with Gasteiger partial charge in [0.15, 0.2) is 5.78 Å². The van der Waals surface area contributed by atoms with E-state index >= 15 is 0 Å². The van der Waals surface area contributed by atoms with Gasteiger partial charge in [0.1, 0.15) is 23.5 Å². The van der Waals surface area contributed by atoms with Crippen molar-refractivity contribution in [2.45, 2.75) is 13.5 Å². The molecule has 0 saturated carbocycles. The third-order valence-corrected chi connectivity index (χ3v) is 4.10. The van der Waals surface area contributed by atoms with Crippen molar-refractivity contribution in [2.24, 2.45) is 0 Å². The van der Waals surface area contributed by atoms with Gasteiger partial charge < -0.3 is 9.47 Å². The number of methoxy groups -OCH3 is 1. The molecule has 5 nitrogen and oxygen atoms in total. The fourth-order valence-corrected chi connectivity index (χ4v) is 2.86. The van der Waals surface area contributed by atoms with E-state index < -0.39 is 0 Å². The highest BCUT2D eigenvalue weighted by atomic mass is 32.1. The molecule has 2 aromatic heterocycles. The summed E-state index contributed by atoms with van der Waals surface area (Å²) in [4.78, 5) is 20.8. The number of ketones is 1. The molecule has 0 aliphatic heterocycles. The normalized spacial score (nSPS) is 10.6. The Labute approximate surface area is 131 Å². The predicted octanol–water partition coefficient (Wildman–Crippen LogP) is 3.48. The number of fused-ring (bicyclic) bond motifs is 1. The SMILES string of the molecule is COc1ccc(C(C)=O)cc1COc1ncnc2sccc12. The standard InChI is InChI=1S/C16H14N2O3S/c1-10(19)11-3-4-14(20-2)12(7-11)8-21-15-13-5-6-22-16(13)18-9-17-15/h3-7,9H,8H2,1-2H3. The molecule has 0 unspecified atom stereocenters. The van der Waals surface area contributed by atoms with Crippen LogP contribution in [0.25, 0.3) is 10.2 Å². The van der Waals surface area contributed by atoms with Crippen LogP contribution in [-0.4, -0.2) is 22.9 Å². The molecule has 0 aliphatic carbocycles. The molecule has 3 aromatic rings. The second-order valence-corrected chi connectivity index (χ2v) is 5.58. The second-order valence-electron chi connectivity index (χ2n) is 4.69. The van der Waals surface area contributed by atoms with E-state index in [2.05, 4.69) is 9.97 Å². The number of benzene rings is 1. The molecule has 0 bridgehead atoms. The van der Waals surface area contributed by atoms with Crippen molar-refractivity contribution in [1.29, 1.82) is 0 Å². The monoisotopic (exact) mass is 314 g/mol. The highest BCUT2D eigenvalue weighted by molar-refractivity contribution is 7.16. The maximum absolute atomic E-state index is 11.5. The van der Waals surface area contributed by atoms with Gasteiger partial charge in [0.2, 0.25) is 5.88 Å². The van der Waals surface area contributed by atoms with E-state index in [4.69, 9.17) is 9.47 Å². The van der Waals surface area contributed by atoms with Crippen LogP contribution in [-0.2, 0) is 6.61 Å². The number of carbonyl (C=O) groups excluding carboxylic acids is 1. The van der Waals surface area contributed by atoms with Crippen molar-refractivity contribution in [3.63, 3.8) is 0 Å². The van der Waals surface area contributed by atoms with E-state index in [9.17, 15) is 4.79 Å². The molecule has 0 radical (unpaired) electrons. The minimum absolute atomic E-state index is 0.00571. The zero-order valence-electron chi connectivity index (χ0n) is 12.2. The van der Waals surface area contributed by atoms with Gasteiger partial charge >= 0.3 is 0 Å². The summed E-state index contributed by atoms with van der Waals surface area (Å²) in [7, 11) is 1.59. The minimum atomic E-state index is 0.00571. The summed E-state index contributed by atoms with van der Waals surface area (Å²) in [5.41, 5.74) is 1.43. The first kappa shape index (κ1) is 14.5. The molecule has 22 heavy (non-hydrogen) atoms. The molecule has 0 fully saturated rings. The number of hydrogen-bond acceptors (Lipinski definition) is 6. The summed E-state index contributed by atoms with van der Waals surface area (Å²) in [6.07, 6.45) is 1.48. The Morgan fingerprint density at radius 1 is 1.27 bits per heavy atom. The van der Waals surface area contributed by atoms with Crippen LogP contribution in [0.2, 0.25) is 0 Å². The van der Waals surface area contributed by atoms with Crippen molar-refractivity contribution in [3.05, 3.63) is 47.1 Å². The van der Waals surface area contributed by atoms with Crippen molar-refractivity contribution < 1.29 is 14.3 Å². The van der Waals surface area contributed by atoms with Crippen molar-refractivity contribution in [2.75, 3.05) is 7.11 Å². The lowest BCUT2D eigenvalue weighted by molar-refractivity contribution is 0.101. The van der Waals surface area contributed by atoms with E-state index in [1.165, 1.54) is 24.6 Å².